The monoisotopic (exact) mass is 325 g/mol. The van der Waals surface area contributed by atoms with Crippen molar-refractivity contribution in [1.82, 2.24) is 14.1 Å². The lowest BCUT2D eigenvalue weighted by molar-refractivity contribution is -0.130. The second-order valence-corrected chi connectivity index (χ2v) is 7.87. The van der Waals surface area contributed by atoms with Gasteiger partial charge < -0.3 is 4.90 Å². The van der Waals surface area contributed by atoms with Crippen LogP contribution >= 0.6 is 0 Å². The third kappa shape index (κ3) is 3.85. The van der Waals surface area contributed by atoms with Crippen LogP contribution in [-0.2, 0) is 21.4 Å². The Morgan fingerprint density at radius 1 is 1.18 bits per heavy atom. The van der Waals surface area contributed by atoms with Gasteiger partial charge in [-0.25, -0.2) is 12.7 Å². The smallest absolute Gasteiger partial charge is 0.242 e. The molecule has 0 unspecified atom stereocenters. The molecule has 0 radical (unpaired) electrons. The van der Waals surface area contributed by atoms with Crippen LogP contribution in [-0.4, -0.2) is 68.7 Å². The van der Waals surface area contributed by atoms with Crippen LogP contribution < -0.4 is 0 Å². The molecular weight excluding hydrogens is 302 g/mol. The first kappa shape index (κ1) is 16.9. The number of sulfonamides is 1. The molecule has 0 aromatic heterocycles. The van der Waals surface area contributed by atoms with Crippen LogP contribution in [0.2, 0.25) is 0 Å². The molecule has 1 aliphatic rings. The Hall–Kier alpha value is -1.44. The van der Waals surface area contributed by atoms with E-state index < -0.39 is 10.0 Å². The SMILES string of the molecule is CC(=O)N1CCN(Cc2cccc(S(=O)(=O)N(C)C)c2)CC1. The van der Waals surface area contributed by atoms with E-state index in [1.165, 1.54) is 18.4 Å². The summed E-state index contributed by atoms with van der Waals surface area (Å²) in [7, 11) is -0.337. The van der Waals surface area contributed by atoms with Crippen LogP contribution in [0.4, 0.5) is 0 Å². The third-order valence-corrected chi connectivity index (χ3v) is 5.71. The molecule has 1 aromatic carbocycles. The number of nitrogens with zero attached hydrogens (tertiary/aromatic N) is 3. The minimum atomic E-state index is -3.40. The fourth-order valence-corrected chi connectivity index (χ4v) is 3.47. The zero-order chi connectivity index (χ0) is 16.3. The Bertz CT molecular complexity index is 635. The summed E-state index contributed by atoms with van der Waals surface area (Å²) < 4.78 is 25.5. The van der Waals surface area contributed by atoms with E-state index in [2.05, 4.69) is 4.90 Å². The lowest BCUT2D eigenvalue weighted by Gasteiger charge is -2.34. The van der Waals surface area contributed by atoms with Crippen molar-refractivity contribution in [2.45, 2.75) is 18.4 Å². The normalized spacial score (nSPS) is 17.0. The molecule has 6 nitrogen and oxygen atoms in total. The zero-order valence-corrected chi connectivity index (χ0v) is 14.1. The molecule has 1 aliphatic heterocycles. The summed E-state index contributed by atoms with van der Waals surface area (Å²) in [6.45, 7) is 5.36. The third-order valence-electron chi connectivity index (χ3n) is 3.90. The molecular formula is C15H23N3O3S. The molecule has 0 aliphatic carbocycles. The van der Waals surface area contributed by atoms with Gasteiger partial charge in [-0.2, -0.15) is 0 Å². The maximum Gasteiger partial charge on any atom is 0.242 e. The van der Waals surface area contributed by atoms with Crippen LogP contribution in [0.3, 0.4) is 0 Å². The van der Waals surface area contributed by atoms with Gasteiger partial charge in [0.25, 0.3) is 0 Å². The Morgan fingerprint density at radius 3 is 2.36 bits per heavy atom. The van der Waals surface area contributed by atoms with Crippen molar-refractivity contribution in [3.8, 4) is 0 Å². The Balaban J connectivity index is 2.05. The molecule has 7 heteroatoms. The molecule has 1 amide bonds. The van der Waals surface area contributed by atoms with Crippen LogP contribution in [0.5, 0.6) is 0 Å². The lowest BCUT2D eigenvalue weighted by Crippen LogP contribution is -2.47. The number of carbonyl (C=O) groups is 1. The summed E-state index contributed by atoms with van der Waals surface area (Å²) >= 11 is 0. The number of piperazine rings is 1. The molecule has 122 valence electrons. The Kier molecular flexibility index (Phi) is 5.20. The number of benzene rings is 1. The molecule has 1 heterocycles. The molecule has 0 bridgehead atoms. The highest BCUT2D eigenvalue weighted by molar-refractivity contribution is 7.89. The maximum absolute atomic E-state index is 12.2. The number of hydrogen-bond donors (Lipinski definition) is 0. The first-order valence-corrected chi connectivity index (χ1v) is 8.74. The van der Waals surface area contributed by atoms with Gasteiger partial charge in [0.1, 0.15) is 0 Å². The van der Waals surface area contributed by atoms with Gasteiger partial charge in [-0.15, -0.1) is 0 Å². The van der Waals surface area contributed by atoms with Gasteiger partial charge in [-0.05, 0) is 17.7 Å². The summed E-state index contributed by atoms with van der Waals surface area (Å²) in [5, 5.41) is 0. The highest BCUT2D eigenvalue weighted by atomic mass is 32.2. The summed E-state index contributed by atoms with van der Waals surface area (Å²) in [6.07, 6.45) is 0. The predicted octanol–water partition coefficient (Wildman–Crippen LogP) is 0.601. The number of rotatable bonds is 4. The van der Waals surface area contributed by atoms with Crippen LogP contribution in [0.1, 0.15) is 12.5 Å². The van der Waals surface area contributed by atoms with E-state index in [0.29, 0.717) is 11.4 Å². The van der Waals surface area contributed by atoms with E-state index in [-0.39, 0.29) is 5.91 Å². The molecule has 2 rings (SSSR count). The number of amides is 1. The summed E-state index contributed by atoms with van der Waals surface area (Å²) in [6, 6.07) is 7.06. The number of carbonyl (C=O) groups excluding carboxylic acids is 1. The average molecular weight is 325 g/mol. The molecule has 1 aromatic rings. The van der Waals surface area contributed by atoms with Crippen molar-refractivity contribution in [3.05, 3.63) is 29.8 Å². The van der Waals surface area contributed by atoms with E-state index in [9.17, 15) is 13.2 Å². The van der Waals surface area contributed by atoms with Crippen molar-refractivity contribution < 1.29 is 13.2 Å². The average Bonchev–Trinajstić information content (AvgIpc) is 2.48. The molecule has 0 N–H and O–H groups in total. The highest BCUT2D eigenvalue weighted by Gasteiger charge is 2.20. The Morgan fingerprint density at radius 2 is 1.82 bits per heavy atom. The van der Waals surface area contributed by atoms with Crippen molar-refractivity contribution in [3.63, 3.8) is 0 Å². The summed E-state index contributed by atoms with van der Waals surface area (Å²) in [5.41, 5.74) is 0.971. The van der Waals surface area contributed by atoms with E-state index in [4.69, 9.17) is 0 Å². The van der Waals surface area contributed by atoms with Gasteiger partial charge >= 0.3 is 0 Å². The van der Waals surface area contributed by atoms with E-state index in [0.717, 1.165) is 31.7 Å². The van der Waals surface area contributed by atoms with Crippen molar-refractivity contribution in [2.75, 3.05) is 40.3 Å². The van der Waals surface area contributed by atoms with Gasteiger partial charge in [-0.3, -0.25) is 9.69 Å². The van der Waals surface area contributed by atoms with E-state index in [1.807, 2.05) is 11.0 Å². The van der Waals surface area contributed by atoms with Crippen LogP contribution in [0.25, 0.3) is 0 Å². The first-order valence-electron chi connectivity index (χ1n) is 7.30. The second-order valence-electron chi connectivity index (χ2n) is 5.72. The van der Waals surface area contributed by atoms with Crippen molar-refractivity contribution >= 4 is 15.9 Å². The molecule has 1 fully saturated rings. The largest absolute Gasteiger partial charge is 0.340 e. The quantitative estimate of drug-likeness (QED) is 0.813. The summed E-state index contributed by atoms with van der Waals surface area (Å²) in [4.78, 5) is 15.7. The second kappa shape index (κ2) is 6.76. The molecule has 1 saturated heterocycles. The molecule has 0 atom stereocenters. The lowest BCUT2D eigenvalue weighted by atomic mass is 10.2. The van der Waals surface area contributed by atoms with Crippen molar-refractivity contribution in [2.24, 2.45) is 0 Å². The predicted molar refractivity (Wildman–Crippen MR) is 84.8 cm³/mol. The van der Waals surface area contributed by atoms with Gasteiger partial charge in [0, 0.05) is 53.7 Å². The molecule has 0 spiro atoms. The van der Waals surface area contributed by atoms with Gasteiger partial charge in [0.15, 0.2) is 0 Å². The molecule has 0 saturated carbocycles. The van der Waals surface area contributed by atoms with E-state index >= 15 is 0 Å². The van der Waals surface area contributed by atoms with Gasteiger partial charge in [0.2, 0.25) is 15.9 Å². The van der Waals surface area contributed by atoms with E-state index in [1.54, 1.807) is 25.1 Å². The van der Waals surface area contributed by atoms with Crippen LogP contribution in [0.15, 0.2) is 29.2 Å². The first-order chi connectivity index (χ1) is 10.3. The minimum Gasteiger partial charge on any atom is -0.340 e. The highest BCUT2D eigenvalue weighted by Crippen LogP contribution is 2.16. The fraction of sp³-hybridized carbons (Fsp3) is 0.533. The minimum absolute atomic E-state index is 0.110. The molecule has 22 heavy (non-hydrogen) atoms. The fourth-order valence-electron chi connectivity index (χ4n) is 2.49. The maximum atomic E-state index is 12.2. The van der Waals surface area contributed by atoms with Crippen molar-refractivity contribution in [1.29, 1.82) is 0 Å². The zero-order valence-electron chi connectivity index (χ0n) is 13.3. The summed E-state index contributed by atoms with van der Waals surface area (Å²) in [5.74, 6) is 0.110. The topological polar surface area (TPSA) is 60.9 Å². The van der Waals surface area contributed by atoms with Crippen LogP contribution in [0, 0.1) is 0 Å². The standard InChI is InChI=1S/C15H23N3O3S/c1-13(19)18-9-7-17(8-10-18)12-14-5-4-6-15(11-14)22(20,21)16(2)3/h4-6,11H,7-10,12H2,1-3H3. The van der Waals surface area contributed by atoms with Gasteiger partial charge in [-0.1, -0.05) is 12.1 Å². The number of hydrogen-bond acceptors (Lipinski definition) is 4. The Labute approximate surface area is 132 Å². The van der Waals surface area contributed by atoms with Gasteiger partial charge in [0.05, 0.1) is 4.90 Å².